The maximum atomic E-state index is 13.2. The van der Waals surface area contributed by atoms with Crippen molar-refractivity contribution in [3.8, 4) is 5.75 Å². The molecule has 11 nitrogen and oxygen atoms in total. The summed E-state index contributed by atoms with van der Waals surface area (Å²) in [4.78, 5) is 25.2. The van der Waals surface area contributed by atoms with Gasteiger partial charge in [-0.2, -0.15) is 15.0 Å². The molecular weight excluding hydrogens is 536 g/mol. The van der Waals surface area contributed by atoms with E-state index in [0.717, 1.165) is 17.8 Å². The van der Waals surface area contributed by atoms with Gasteiger partial charge in [-0.25, -0.2) is 8.78 Å². The van der Waals surface area contributed by atoms with Crippen molar-refractivity contribution in [2.75, 3.05) is 55.5 Å². The molecule has 214 valence electrons. The van der Waals surface area contributed by atoms with Gasteiger partial charge in [0.05, 0.1) is 26.4 Å². The Hall–Kier alpha value is -4.88. The van der Waals surface area contributed by atoms with Crippen LogP contribution in [0.15, 0.2) is 72.8 Å². The Morgan fingerprint density at radius 1 is 0.707 bits per heavy atom. The molecule has 1 aromatic heterocycles. The number of hydrogen-bond acceptors (Lipinski definition) is 10. The second-order valence-corrected chi connectivity index (χ2v) is 8.53. The number of benzene rings is 3. The van der Waals surface area contributed by atoms with Gasteiger partial charge < -0.3 is 35.8 Å². The Balaban J connectivity index is 1.17. The van der Waals surface area contributed by atoms with Crippen LogP contribution in [0.5, 0.6) is 5.75 Å². The lowest BCUT2D eigenvalue weighted by Crippen LogP contribution is -2.28. The number of carbonyl (C=O) groups is 1. The number of rotatable bonds is 15. The van der Waals surface area contributed by atoms with Gasteiger partial charge in [-0.15, -0.1) is 0 Å². The largest absolute Gasteiger partial charge is 0.508 e. The molecule has 0 aliphatic rings. The molecule has 5 N–H and O–H groups in total. The van der Waals surface area contributed by atoms with E-state index >= 15 is 0 Å². The molecule has 0 atom stereocenters. The molecule has 1 heterocycles. The lowest BCUT2D eigenvalue weighted by Gasteiger charge is -2.12. The number of ether oxygens (including phenoxy) is 2. The zero-order chi connectivity index (χ0) is 28.9. The van der Waals surface area contributed by atoms with E-state index in [9.17, 15) is 18.7 Å². The first-order valence-electron chi connectivity index (χ1n) is 12.7. The summed E-state index contributed by atoms with van der Waals surface area (Å²) in [5.41, 5.74) is 1.41. The minimum Gasteiger partial charge on any atom is -0.508 e. The molecule has 0 saturated heterocycles. The van der Waals surface area contributed by atoms with E-state index in [0.29, 0.717) is 56.0 Å². The van der Waals surface area contributed by atoms with E-state index in [4.69, 9.17) is 9.47 Å². The number of amides is 1. The summed E-state index contributed by atoms with van der Waals surface area (Å²) in [5.74, 6) is -1.11. The van der Waals surface area contributed by atoms with E-state index in [1.54, 1.807) is 24.3 Å². The Morgan fingerprint density at radius 2 is 1.27 bits per heavy atom. The summed E-state index contributed by atoms with van der Waals surface area (Å²) in [6, 6.07) is 18.6. The molecular formula is C28H29F2N7O4. The maximum absolute atomic E-state index is 13.2. The zero-order valence-electron chi connectivity index (χ0n) is 21.9. The number of aromatic nitrogens is 3. The van der Waals surface area contributed by atoms with Crippen LogP contribution in [-0.2, 0) is 9.47 Å². The van der Waals surface area contributed by atoms with E-state index in [1.807, 2.05) is 30.3 Å². The van der Waals surface area contributed by atoms with Crippen LogP contribution >= 0.6 is 0 Å². The van der Waals surface area contributed by atoms with Crippen LogP contribution in [-0.4, -0.2) is 65.5 Å². The minimum absolute atomic E-state index is 0.0947. The molecule has 1 amide bonds. The molecule has 0 aliphatic heterocycles. The summed E-state index contributed by atoms with van der Waals surface area (Å²) in [5, 5.41) is 21.4. The van der Waals surface area contributed by atoms with E-state index in [-0.39, 0.29) is 24.5 Å². The van der Waals surface area contributed by atoms with Crippen LogP contribution in [0.25, 0.3) is 0 Å². The van der Waals surface area contributed by atoms with Gasteiger partial charge in [-0.05, 0) is 48.5 Å². The quantitative estimate of drug-likeness (QED) is 0.105. The number of anilines is 5. The summed E-state index contributed by atoms with van der Waals surface area (Å²) >= 11 is 0. The van der Waals surface area contributed by atoms with Gasteiger partial charge in [0.1, 0.15) is 17.4 Å². The van der Waals surface area contributed by atoms with Crippen molar-refractivity contribution in [3.63, 3.8) is 0 Å². The van der Waals surface area contributed by atoms with Crippen molar-refractivity contribution in [2.24, 2.45) is 0 Å². The molecule has 0 aliphatic carbocycles. The number of nitrogens with one attached hydrogen (secondary N) is 4. The van der Waals surface area contributed by atoms with Gasteiger partial charge in [0.15, 0.2) is 0 Å². The highest BCUT2D eigenvalue weighted by molar-refractivity contribution is 5.94. The molecule has 41 heavy (non-hydrogen) atoms. The van der Waals surface area contributed by atoms with Crippen molar-refractivity contribution < 1.29 is 28.2 Å². The van der Waals surface area contributed by atoms with Crippen LogP contribution in [0.1, 0.15) is 10.4 Å². The smallest absolute Gasteiger partial charge is 0.251 e. The Morgan fingerprint density at radius 3 is 1.90 bits per heavy atom. The Kier molecular flexibility index (Phi) is 10.7. The molecule has 3 aromatic carbocycles. The van der Waals surface area contributed by atoms with Crippen LogP contribution < -0.4 is 21.3 Å². The number of halogens is 2. The highest BCUT2D eigenvalue weighted by atomic mass is 19.1. The molecule has 0 unspecified atom stereocenters. The van der Waals surface area contributed by atoms with Crippen LogP contribution in [0, 0.1) is 11.6 Å². The topological polar surface area (TPSA) is 143 Å². The predicted octanol–water partition coefficient (Wildman–Crippen LogP) is 4.22. The number of carbonyl (C=O) groups excluding carboxylic acids is 1. The standard InChI is InChI=1S/C28H29F2N7O4/c29-20-16-19(17-21(30)18-20)25(39)31-10-12-40-14-15-41-13-11-32-26-35-27(33-22-4-2-1-3-5-22)37-28(36-26)34-23-6-8-24(38)9-7-23/h1-9,16-18,38H,10-15H2,(H,31,39)(H3,32,33,34,35,36,37). The van der Waals surface area contributed by atoms with Crippen LogP contribution in [0.2, 0.25) is 0 Å². The van der Waals surface area contributed by atoms with Crippen molar-refractivity contribution in [2.45, 2.75) is 0 Å². The van der Waals surface area contributed by atoms with Crippen LogP contribution in [0.3, 0.4) is 0 Å². The summed E-state index contributed by atoms with van der Waals surface area (Å²) < 4.78 is 37.4. The predicted molar refractivity (Wildman–Crippen MR) is 150 cm³/mol. The highest BCUT2D eigenvalue weighted by Crippen LogP contribution is 2.20. The summed E-state index contributed by atoms with van der Waals surface area (Å²) in [6.07, 6.45) is 0. The average molecular weight is 566 g/mol. The third kappa shape index (κ3) is 9.98. The second kappa shape index (κ2) is 15.1. The van der Waals surface area contributed by atoms with Crippen molar-refractivity contribution in [3.05, 3.63) is 90.0 Å². The van der Waals surface area contributed by atoms with Crippen LogP contribution in [0.4, 0.5) is 38.0 Å². The van der Waals surface area contributed by atoms with Crippen molar-refractivity contribution >= 4 is 35.1 Å². The molecule has 0 fully saturated rings. The monoisotopic (exact) mass is 565 g/mol. The summed E-state index contributed by atoms with van der Waals surface area (Å²) in [7, 11) is 0. The fourth-order valence-electron chi connectivity index (χ4n) is 3.47. The van der Waals surface area contributed by atoms with E-state index in [1.165, 1.54) is 0 Å². The lowest BCUT2D eigenvalue weighted by molar-refractivity contribution is 0.0519. The number of hydrogen-bond donors (Lipinski definition) is 5. The van der Waals surface area contributed by atoms with Gasteiger partial charge in [-0.3, -0.25) is 4.79 Å². The van der Waals surface area contributed by atoms with Crippen molar-refractivity contribution in [1.29, 1.82) is 0 Å². The van der Waals surface area contributed by atoms with Gasteiger partial charge in [-0.1, -0.05) is 18.2 Å². The van der Waals surface area contributed by atoms with E-state index in [2.05, 4.69) is 36.2 Å². The maximum Gasteiger partial charge on any atom is 0.251 e. The van der Waals surface area contributed by atoms with Gasteiger partial charge in [0, 0.05) is 36.1 Å². The summed E-state index contributed by atoms with van der Waals surface area (Å²) in [6.45, 7) is 1.76. The number of phenolic OH excluding ortho intramolecular Hbond substituents is 1. The third-order valence-corrected chi connectivity index (χ3v) is 5.35. The zero-order valence-corrected chi connectivity index (χ0v) is 21.9. The molecule has 0 spiro atoms. The second-order valence-electron chi connectivity index (χ2n) is 8.53. The average Bonchev–Trinajstić information content (AvgIpc) is 2.95. The molecule has 13 heteroatoms. The van der Waals surface area contributed by atoms with Gasteiger partial charge in [0.2, 0.25) is 17.8 Å². The number of nitrogens with zero attached hydrogens (tertiary/aromatic N) is 3. The number of para-hydroxylation sites is 1. The highest BCUT2D eigenvalue weighted by Gasteiger charge is 2.09. The number of aromatic hydroxyl groups is 1. The first-order chi connectivity index (χ1) is 19.9. The SMILES string of the molecule is O=C(NCCOCCOCCNc1nc(Nc2ccccc2)nc(Nc2ccc(O)cc2)n1)c1cc(F)cc(F)c1. The Labute approximate surface area is 235 Å². The molecule has 4 rings (SSSR count). The molecule has 4 aromatic rings. The fourth-order valence-corrected chi connectivity index (χ4v) is 3.47. The molecule has 0 radical (unpaired) electrons. The fraction of sp³-hybridized carbons (Fsp3) is 0.214. The normalized spacial score (nSPS) is 10.7. The first kappa shape index (κ1) is 29.1. The number of phenols is 1. The van der Waals surface area contributed by atoms with E-state index < -0.39 is 17.5 Å². The third-order valence-electron chi connectivity index (χ3n) is 5.35. The van der Waals surface area contributed by atoms with Gasteiger partial charge in [0.25, 0.3) is 5.91 Å². The van der Waals surface area contributed by atoms with Gasteiger partial charge >= 0.3 is 0 Å². The molecule has 0 bridgehead atoms. The first-order valence-corrected chi connectivity index (χ1v) is 12.7. The molecule has 0 saturated carbocycles. The Bertz CT molecular complexity index is 1390. The van der Waals surface area contributed by atoms with Crippen molar-refractivity contribution in [1.82, 2.24) is 20.3 Å². The lowest BCUT2D eigenvalue weighted by atomic mass is 10.2. The minimum atomic E-state index is -0.816.